The van der Waals surface area contributed by atoms with Crippen LogP contribution in [0.1, 0.15) is 45.1 Å². The fourth-order valence-electron chi connectivity index (χ4n) is 4.78. The number of nitrogens with one attached hydrogen (secondary N) is 3. The molecule has 0 unspecified atom stereocenters. The smallest absolute Gasteiger partial charge is 0.244 e. The van der Waals surface area contributed by atoms with Gasteiger partial charge in [-0.3, -0.25) is 14.5 Å². The third-order valence-corrected chi connectivity index (χ3v) is 7.26. The Bertz CT molecular complexity index is 1210. The lowest BCUT2D eigenvalue weighted by molar-refractivity contribution is -0.121. The standard InChI is InChI=1S/C25H34N6O4S/c1-17(2)16-31(20-6-10-35-11-7-20)22-5-4-18(25(8-9-25)24(32)30-36(3,33)34)12-21(22)29-19-14-27-23(13-26)28-15-19/h4-5,12,14,17,20,29H,6-11,15-16H2,1-3H3,(H,27,28)(H,30,32). The Morgan fingerprint density at radius 1 is 1.33 bits per heavy atom. The van der Waals surface area contributed by atoms with Gasteiger partial charge in [-0.25, -0.2) is 8.42 Å². The molecule has 0 atom stereocenters. The van der Waals surface area contributed by atoms with Gasteiger partial charge in [0, 0.05) is 32.0 Å². The predicted molar refractivity (Wildman–Crippen MR) is 139 cm³/mol. The van der Waals surface area contributed by atoms with E-state index in [4.69, 9.17) is 10.00 Å². The summed E-state index contributed by atoms with van der Waals surface area (Å²) < 4.78 is 31.3. The van der Waals surface area contributed by atoms with Crippen LogP contribution in [0.4, 0.5) is 11.4 Å². The molecule has 2 heterocycles. The molecular formula is C25H34N6O4S. The van der Waals surface area contributed by atoms with E-state index >= 15 is 0 Å². The highest BCUT2D eigenvalue weighted by molar-refractivity contribution is 7.89. The number of hydrogen-bond donors (Lipinski definition) is 3. The van der Waals surface area contributed by atoms with Crippen molar-refractivity contribution in [1.29, 1.82) is 5.26 Å². The first kappa shape index (κ1) is 26.0. The van der Waals surface area contributed by atoms with Crippen molar-refractivity contribution in [1.82, 2.24) is 10.0 Å². The van der Waals surface area contributed by atoms with Gasteiger partial charge in [-0.1, -0.05) is 19.9 Å². The number of anilines is 2. The van der Waals surface area contributed by atoms with Crippen LogP contribution < -0.4 is 20.3 Å². The quantitative estimate of drug-likeness (QED) is 0.456. The molecule has 1 aliphatic carbocycles. The lowest BCUT2D eigenvalue weighted by atomic mass is 9.93. The van der Waals surface area contributed by atoms with Gasteiger partial charge in [0.2, 0.25) is 21.8 Å². The molecule has 0 bridgehead atoms. The van der Waals surface area contributed by atoms with E-state index in [2.05, 4.69) is 39.1 Å². The number of carbonyl (C=O) groups is 1. The average Bonchev–Trinajstić information content (AvgIpc) is 3.65. The van der Waals surface area contributed by atoms with Gasteiger partial charge in [0.25, 0.3) is 0 Å². The number of sulfonamides is 1. The summed E-state index contributed by atoms with van der Waals surface area (Å²) in [6.45, 7) is 6.99. The molecule has 10 nitrogen and oxygen atoms in total. The van der Waals surface area contributed by atoms with Gasteiger partial charge in [-0.05, 0) is 49.3 Å². The molecule has 3 aliphatic rings. The minimum atomic E-state index is -3.66. The fourth-order valence-corrected chi connectivity index (χ4v) is 5.32. The minimum absolute atomic E-state index is 0.257. The molecule has 0 aromatic heterocycles. The van der Waals surface area contributed by atoms with Crippen LogP contribution in [0.25, 0.3) is 0 Å². The first-order valence-corrected chi connectivity index (χ1v) is 14.2. The van der Waals surface area contributed by atoms with Crippen LogP contribution in [0.2, 0.25) is 0 Å². The molecule has 2 aliphatic heterocycles. The molecule has 1 aromatic carbocycles. The van der Waals surface area contributed by atoms with E-state index < -0.39 is 21.3 Å². The first-order valence-electron chi connectivity index (χ1n) is 12.3. The zero-order valence-corrected chi connectivity index (χ0v) is 21.8. The van der Waals surface area contributed by atoms with E-state index in [0.717, 1.165) is 61.5 Å². The summed E-state index contributed by atoms with van der Waals surface area (Å²) in [6.07, 6.45) is 5.74. The Labute approximate surface area is 212 Å². The number of benzene rings is 1. The summed E-state index contributed by atoms with van der Waals surface area (Å²) in [6, 6.07) is 8.26. The summed E-state index contributed by atoms with van der Waals surface area (Å²) in [7, 11) is -3.66. The minimum Gasteiger partial charge on any atom is -0.381 e. The van der Waals surface area contributed by atoms with Crippen LogP contribution in [0.5, 0.6) is 0 Å². The monoisotopic (exact) mass is 514 g/mol. The van der Waals surface area contributed by atoms with Crippen LogP contribution >= 0.6 is 0 Å². The maximum Gasteiger partial charge on any atom is 0.244 e. The van der Waals surface area contributed by atoms with Gasteiger partial charge >= 0.3 is 0 Å². The Hall–Kier alpha value is -3.10. The van der Waals surface area contributed by atoms with Crippen molar-refractivity contribution in [3.8, 4) is 6.07 Å². The van der Waals surface area contributed by atoms with Crippen molar-refractivity contribution in [2.45, 2.75) is 51.0 Å². The molecule has 1 saturated heterocycles. The highest BCUT2D eigenvalue weighted by atomic mass is 32.2. The Morgan fingerprint density at radius 2 is 2.06 bits per heavy atom. The number of carbonyl (C=O) groups excluding carboxylic acids is 1. The summed E-state index contributed by atoms with van der Waals surface area (Å²) in [5, 5.41) is 15.4. The normalized spacial score (nSPS) is 19.4. The van der Waals surface area contributed by atoms with Crippen LogP contribution in [-0.4, -0.2) is 58.8 Å². The molecule has 3 N–H and O–H groups in total. The molecule has 2 fully saturated rings. The third kappa shape index (κ3) is 5.99. The van der Waals surface area contributed by atoms with Gasteiger partial charge in [0.15, 0.2) is 0 Å². The second-order valence-electron chi connectivity index (χ2n) is 10.1. The topological polar surface area (TPSA) is 136 Å². The Kier molecular flexibility index (Phi) is 7.57. The number of nitrogens with zero attached hydrogens (tertiary/aromatic N) is 3. The number of ether oxygens (including phenoxy) is 1. The van der Waals surface area contributed by atoms with Gasteiger partial charge in [0.1, 0.15) is 6.07 Å². The zero-order valence-electron chi connectivity index (χ0n) is 21.0. The zero-order chi connectivity index (χ0) is 25.9. The molecule has 1 saturated carbocycles. The fraction of sp³-hybridized carbons (Fsp3) is 0.560. The molecule has 36 heavy (non-hydrogen) atoms. The van der Waals surface area contributed by atoms with E-state index in [-0.39, 0.29) is 5.84 Å². The van der Waals surface area contributed by atoms with Crippen molar-refractivity contribution < 1.29 is 17.9 Å². The summed E-state index contributed by atoms with van der Waals surface area (Å²) in [5.41, 5.74) is 2.54. The summed E-state index contributed by atoms with van der Waals surface area (Å²) in [5.74, 6) is 0.190. The molecule has 1 aromatic rings. The number of nitriles is 1. The first-order chi connectivity index (χ1) is 17.1. The van der Waals surface area contributed by atoms with Crippen molar-refractivity contribution in [3.63, 3.8) is 0 Å². The third-order valence-electron chi connectivity index (χ3n) is 6.71. The largest absolute Gasteiger partial charge is 0.381 e. The second-order valence-corrected chi connectivity index (χ2v) is 11.9. The molecule has 4 rings (SSSR count). The van der Waals surface area contributed by atoms with Crippen molar-refractivity contribution >= 4 is 33.1 Å². The van der Waals surface area contributed by atoms with Gasteiger partial charge in [0.05, 0.1) is 35.3 Å². The number of rotatable bonds is 9. The molecule has 1 amide bonds. The highest BCUT2D eigenvalue weighted by Crippen LogP contribution is 2.50. The van der Waals surface area contributed by atoms with E-state index in [9.17, 15) is 13.2 Å². The number of amides is 1. The molecule has 194 valence electrons. The van der Waals surface area contributed by atoms with Crippen molar-refractivity contribution in [2.24, 2.45) is 10.9 Å². The summed E-state index contributed by atoms with van der Waals surface area (Å²) >= 11 is 0. The molecule has 0 spiro atoms. The van der Waals surface area contributed by atoms with E-state index in [0.29, 0.717) is 31.3 Å². The predicted octanol–water partition coefficient (Wildman–Crippen LogP) is 2.21. The molecule has 0 radical (unpaired) electrons. The van der Waals surface area contributed by atoms with Gasteiger partial charge in [-0.2, -0.15) is 5.26 Å². The second kappa shape index (κ2) is 10.5. The van der Waals surface area contributed by atoms with Gasteiger partial charge < -0.3 is 20.3 Å². The number of aliphatic imine (C=N–C) groups is 1. The Morgan fingerprint density at radius 3 is 2.61 bits per heavy atom. The maximum absolute atomic E-state index is 12.9. The van der Waals surface area contributed by atoms with Crippen LogP contribution in [0, 0.1) is 17.2 Å². The van der Waals surface area contributed by atoms with Crippen molar-refractivity contribution in [2.75, 3.05) is 42.8 Å². The number of amidine groups is 1. The lowest BCUT2D eigenvalue weighted by Gasteiger charge is -2.38. The SMILES string of the molecule is CC(C)CN(c1ccc(C2(C(=O)NS(C)(=O)=O)CC2)cc1NC1=CNC(C#N)=NC1)C1CCOCC1. The van der Waals surface area contributed by atoms with Crippen LogP contribution in [0.3, 0.4) is 0 Å². The maximum atomic E-state index is 12.9. The van der Waals surface area contributed by atoms with Crippen LogP contribution in [-0.2, 0) is 25.0 Å². The van der Waals surface area contributed by atoms with Gasteiger partial charge in [-0.15, -0.1) is 0 Å². The highest BCUT2D eigenvalue weighted by Gasteiger charge is 2.52. The molecule has 11 heteroatoms. The summed E-state index contributed by atoms with van der Waals surface area (Å²) in [4.78, 5) is 19.6. The van der Waals surface area contributed by atoms with Crippen molar-refractivity contribution in [3.05, 3.63) is 35.7 Å². The van der Waals surface area contributed by atoms with Crippen LogP contribution in [0.15, 0.2) is 35.1 Å². The van der Waals surface area contributed by atoms with E-state index in [1.807, 2.05) is 24.3 Å². The van der Waals surface area contributed by atoms with E-state index in [1.165, 1.54) is 0 Å². The number of hydrogen-bond acceptors (Lipinski definition) is 9. The average molecular weight is 515 g/mol. The lowest BCUT2D eigenvalue weighted by Crippen LogP contribution is -2.42. The van der Waals surface area contributed by atoms with E-state index in [1.54, 1.807) is 6.20 Å². The molecular weight excluding hydrogens is 480 g/mol. The Balaban J connectivity index is 1.72.